The summed E-state index contributed by atoms with van der Waals surface area (Å²) >= 11 is 0. The van der Waals surface area contributed by atoms with Crippen LogP contribution in [0.1, 0.15) is 32.4 Å². The molecule has 0 bridgehead atoms. The van der Waals surface area contributed by atoms with Crippen LogP contribution in [0.15, 0.2) is 11.6 Å². The second kappa shape index (κ2) is 5.44. The molecule has 0 fully saturated rings. The van der Waals surface area contributed by atoms with Gasteiger partial charge in [-0.2, -0.15) is 5.10 Å². The van der Waals surface area contributed by atoms with Gasteiger partial charge in [0, 0.05) is 18.9 Å². The average Bonchev–Trinajstić information content (AvgIpc) is 2.59. The Balaban J connectivity index is 2.87. The van der Waals surface area contributed by atoms with Crippen LogP contribution in [-0.4, -0.2) is 25.8 Å². The molecular weight excluding hydrogens is 206 g/mol. The van der Waals surface area contributed by atoms with Crippen molar-refractivity contribution in [3.05, 3.63) is 23.3 Å². The molecule has 0 saturated carbocycles. The third kappa shape index (κ3) is 3.18. The molecule has 0 aliphatic rings. The van der Waals surface area contributed by atoms with Crippen LogP contribution in [0.4, 0.5) is 0 Å². The third-order valence-corrected chi connectivity index (χ3v) is 2.19. The molecule has 1 aromatic heterocycles. The topological polar surface area (TPSA) is 68.0 Å². The Morgan fingerprint density at radius 3 is 2.62 bits per heavy atom. The molecule has 5 nitrogen and oxygen atoms in total. The normalized spacial score (nSPS) is 11.8. The molecule has 5 heteroatoms. The fourth-order valence-corrected chi connectivity index (χ4v) is 1.46. The number of rotatable bonds is 5. The molecular formula is C11H17N3O2. The summed E-state index contributed by atoms with van der Waals surface area (Å²) in [6, 6.07) is 0. The first kappa shape index (κ1) is 12.4. The number of allylic oxidation sites excluding steroid dienone is 1. The van der Waals surface area contributed by atoms with E-state index in [4.69, 9.17) is 5.11 Å². The van der Waals surface area contributed by atoms with E-state index >= 15 is 0 Å². The number of hydrogen-bond donors (Lipinski definition) is 1. The third-order valence-electron chi connectivity index (χ3n) is 2.19. The lowest BCUT2D eigenvalue weighted by Gasteiger charge is -2.03. The van der Waals surface area contributed by atoms with E-state index in [0.717, 1.165) is 30.1 Å². The van der Waals surface area contributed by atoms with Gasteiger partial charge in [-0.3, -0.25) is 0 Å². The van der Waals surface area contributed by atoms with Crippen molar-refractivity contribution in [2.75, 3.05) is 0 Å². The van der Waals surface area contributed by atoms with Crippen LogP contribution in [0.5, 0.6) is 0 Å². The molecule has 0 aliphatic carbocycles. The van der Waals surface area contributed by atoms with Gasteiger partial charge in [0.1, 0.15) is 5.82 Å². The lowest BCUT2D eigenvalue weighted by Crippen LogP contribution is -2.07. The van der Waals surface area contributed by atoms with Crippen molar-refractivity contribution in [1.82, 2.24) is 14.8 Å². The van der Waals surface area contributed by atoms with E-state index in [2.05, 4.69) is 10.1 Å². The number of aromatic nitrogens is 3. The van der Waals surface area contributed by atoms with Gasteiger partial charge in [-0.1, -0.05) is 13.8 Å². The van der Waals surface area contributed by atoms with Crippen LogP contribution in [0, 0.1) is 0 Å². The van der Waals surface area contributed by atoms with E-state index < -0.39 is 5.97 Å². The second-order valence-electron chi connectivity index (χ2n) is 3.64. The molecule has 88 valence electrons. The number of carbonyl (C=O) groups is 1. The van der Waals surface area contributed by atoms with E-state index in [1.807, 2.05) is 13.8 Å². The van der Waals surface area contributed by atoms with Crippen molar-refractivity contribution in [2.24, 2.45) is 0 Å². The summed E-state index contributed by atoms with van der Waals surface area (Å²) in [5.41, 5.74) is 0.759. The minimum absolute atomic E-state index is 0.489. The maximum absolute atomic E-state index is 10.5. The van der Waals surface area contributed by atoms with E-state index in [1.165, 1.54) is 6.08 Å². The molecule has 1 heterocycles. The quantitative estimate of drug-likeness (QED) is 0.767. The highest BCUT2D eigenvalue weighted by molar-refractivity contribution is 5.80. The van der Waals surface area contributed by atoms with Crippen LogP contribution in [-0.2, 0) is 24.2 Å². The molecule has 1 rings (SSSR count). The molecule has 0 radical (unpaired) electrons. The van der Waals surface area contributed by atoms with Gasteiger partial charge in [0.15, 0.2) is 5.82 Å². The van der Waals surface area contributed by atoms with Crippen LogP contribution < -0.4 is 0 Å². The van der Waals surface area contributed by atoms with Gasteiger partial charge in [-0.25, -0.2) is 14.5 Å². The molecule has 0 unspecified atom stereocenters. The van der Waals surface area contributed by atoms with Crippen molar-refractivity contribution in [3.8, 4) is 0 Å². The first-order valence-electron chi connectivity index (χ1n) is 5.39. The van der Waals surface area contributed by atoms with Gasteiger partial charge in [0.2, 0.25) is 0 Å². The molecule has 0 spiro atoms. The van der Waals surface area contributed by atoms with Crippen molar-refractivity contribution < 1.29 is 9.90 Å². The highest BCUT2D eigenvalue weighted by Gasteiger charge is 2.07. The Hall–Kier alpha value is -1.65. The standard InChI is InChI=1S/C11H17N3O2/c1-4-9-12-10(5-2)14(13-9)7-8(3)6-11(15)16/h6H,4-5,7H2,1-3H3,(H,15,16). The van der Waals surface area contributed by atoms with Gasteiger partial charge >= 0.3 is 5.97 Å². The first-order chi connectivity index (χ1) is 7.56. The van der Waals surface area contributed by atoms with Crippen molar-refractivity contribution in [2.45, 2.75) is 40.2 Å². The average molecular weight is 223 g/mol. The predicted octanol–water partition coefficient (Wildman–Crippen LogP) is 1.43. The Bertz CT molecular complexity index is 407. The molecule has 0 aliphatic heterocycles. The summed E-state index contributed by atoms with van der Waals surface area (Å²) in [7, 11) is 0. The van der Waals surface area contributed by atoms with Crippen molar-refractivity contribution in [3.63, 3.8) is 0 Å². The number of nitrogens with zero attached hydrogens (tertiary/aromatic N) is 3. The predicted molar refractivity (Wildman–Crippen MR) is 60.2 cm³/mol. The summed E-state index contributed by atoms with van der Waals surface area (Å²) in [6.07, 6.45) is 2.79. The monoisotopic (exact) mass is 223 g/mol. The van der Waals surface area contributed by atoms with E-state index in [0.29, 0.717) is 6.54 Å². The highest BCUT2D eigenvalue weighted by atomic mass is 16.4. The smallest absolute Gasteiger partial charge is 0.328 e. The zero-order valence-electron chi connectivity index (χ0n) is 9.90. The SMILES string of the molecule is CCc1nc(CC)n(CC(C)=CC(=O)O)n1. The van der Waals surface area contributed by atoms with Gasteiger partial charge in [-0.15, -0.1) is 0 Å². The summed E-state index contributed by atoms with van der Waals surface area (Å²) in [6.45, 7) is 6.28. The largest absolute Gasteiger partial charge is 0.478 e. The molecule has 0 aromatic carbocycles. The number of hydrogen-bond acceptors (Lipinski definition) is 3. The van der Waals surface area contributed by atoms with Crippen LogP contribution in [0.3, 0.4) is 0 Å². The highest BCUT2D eigenvalue weighted by Crippen LogP contribution is 2.05. The van der Waals surface area contributed by atoms with Gasteiger partial charge in [0.25, 0.3) is 0 Å². The van der Waals surface area contributed by atoms with Crippen LogP contribution in [0.2, 0.25) is 0 Å². The van der Waals surface area contributed by atoms with E-state index in [9.17, 15) is 4.79 Å². The molecule has 1 N–H and O–H groups in total. The van der Waals surface area contributed by atoms with Gasteiger partial charge < -0.3 is 5.11 Å². The summed E-state index contributed by atoms with van der Waals surface area (Å²) < 4.78 is 1.77. The molecule has 0 saturated heterocycles. The van der Waals surface area contributed by atoms with Crippen molar-refractivity contribution in [1.29, 1.82) is 0 Å². The lowest BCUT2D eigenvalue weighted by atomic mass is 10.3. The number of aryl methyl sites for hydroxylation is 2. The fraction of sp³-hybridized carbons (Fsp3) is 0.545. The molecule has 0 amide bonds. The summed E-state index contributed by atoms with van der Waals surface area (Å²) in [4.78, 5) is 14.9. The number of aliphatic carboxylic acids is 1. The van der Waals surface area contributed by atoms with Crippen LogP contribution >= 0.6 is 0 Å². The zero-order valence-corrected chi connectivity index (χ0v) is 9.90. The maximum Gasteiger partial charge on any atom is 0.328 e. The number of carboxylic acid groups (broad SMARTS) is 1. The Kier molecular flexibility index (Phi) is 4.22. The van der Waals surface area contributed by atoms with Crippen LogP contribution in [0.25, 0.3) is 0 Å². The Morgan fingerprint density at radius 2 is 2.12 bits per heavy atom. The summed E-state index contributed by atoms with van der Waals surface area (Å²) in [5, 5.41) is 12.9. The minimum atomic E-state index is -0.925. The van der Waals surface area contributed by atoms with Gasteiger partial charge in [-0.05, 0) is 12.5 Å². The second-order valence-corrected chi connectivity index (χ2v) is 3.64. The molecule has 16 heavy (non-hydrogen) atoms. The van der Waals surface area contributed by atoms with E-state index in [-0.39, 0.29) is 0 Å². The zero-order chi connectivity index (χ0) is 12.1. The molecule has 0 atom stereocenters. The summed E-state index contributed by atoms with van der Waals surface area (Å²) in [5.74, 6) is 0.779. The maximum atomic E-state index is 10.5. The van der Waals surface area contributed by atoms with E-state index in [1.54, 1.807) is 11.6 Å². The lowest BCUT2D eigenvalue weighted by molar-refractivity contribution is -0.131. The number of carboxylic acids is 1. The minimum Gasteiger partial charge on any atom is -0.478 e. The molecule has 1 aromatic rings. The van der Waals surface area contributed by atoms with Gasteiger partial charge in [0.05, 0.1) is 6.54 Å². The first-order valence-corrected chi connectivity index (χ1v) is 5.39. The fourth-order valence-electron chi connectivity index (χ4n) is 1.46. The van der Waals surface area contributed by atoms with Crippen molar-refractivity contribution >= 4 is 5.97 Å². The Labute approximate surface area is 94.8 Å². The Morgan fingerprint density at radius 1 is 1.44 bits per heavy atom.